The Morgan fingerprint density at radius 1 is 1.28 bits per heavy atom. The lowest BCUT2D eigenvalue weighted by Gasteiger charge is -2.15. The number of sulfonamides is 1. The van der Waals surface area contributed by atoms with Crippen LogP contribution in [0.3, 0.4) is 0 Å². The van der Waals surface area contributed by atoms with Gasteiger partial charge in [0.05, 0.1) is 25.6 Å². The van der Waals surface area contributed by atoms with Crippen LogP contribution in [0.15, 0.2) is 0 Å². The van der Waals surface area contributed by atoms with Gasteiger partial charge in [0, 0.05) is 27.2 Å². The first-order valence-corrected chi connectivity index (χ1v) is 7.16. The van der Waals surface area contributed by atoms with E-state index in [1.54, 1.807) is 0 Å². The van der Waals surface area contributed by atoms with E-state index >= 15 is 0 Å². The van der Waals surface area contributed by atoms with E-state index in [1.165, 1.54) is 21.3 Å². The van der Waals surface area contributed by atoms with Crippen molar-refractivity contribution in [2.75, 3.05) is 40.2 Å². The fourth-order valence-electron chi connectivity index (χ4n) is 1.20. The molecule has 0 aromatic rings. The number of carbonyl (C=O) groups is 1. The van der Waals surface area contributed by atoms with Crippen LogP contribution in [0.2, 0.25) is 0 Å². The highest BCUT2D eigenvalue weighted by Crippen LogP contribution is 1.97. The molecule has 0 radical (unpaired) electrons. The molecule has 1 unspecified atom stereocenters. The summed E-state index contributed by atoms with van der Waals surface area (Å²) in [5.74, 6) is -0.537. The number of hydrogen-bond acceptors (Lipinski definition) is 6. The van der Waals surface area contributed by atoms with Crippen LogP contribution in [0.4, 0.5) is 0 Å². The largest absolute Gasteiger partial charge is 0.469 e. The van der Waals surface area contributed by atoms with E-state index in [-0.39, 0.29) is 31.2 Å². The SMILES string of the molecule is COCC(CNS(=O)(=O)CCCC(=O)OC)OC. The van der Waals surface area contributed by atoms with Crippen LogP contribution >= 0.6 is 0 Å². The molecule has 0 saturated carbocycles. The Bertz CT molecular complexity index is 329. The monoisotopic (exact) mass is 283 g/mol. The summed E-state index contributed by atoms with van der Waals surface area (Å²) in [4.78, 5) is 10.8. The van der Waals surface area contributed by atoms with Crippen LogP contribution in [0.1, 0.15) is 12.8 Å². The van der Waals surface area contributed by atoms with Crippen molar-refractivity contribution in [1.82, 2.24) is 4.72 Å². The van der Waals surface area contributed by atoms with E-state index in [0.717, 1.165) is 0 Å². The van der Waals surface area contributed by atoms with E-state index in [0.29, 0.717) is 6.61 Å². The maximum Gasteiger partial charge on any atom is 0.305 e. The quantitative estimate of drug-likeness (QED) is 0.545. The molecular weight excluding hydrogens is 262 g/mol. The minimum absolute atomic E-state index is 0.0865. The van der Waals surface area contributed by atoms with Crippen LogP contribution in [-0.2, 0) is 29.0 Å². The molecule has 0 aliphatic heterocycles. The fourth-order valence-corrected chi connectivity index (χ4v) is 2.31. The first-order chi connectivity index (χ1) is 8.45. The molecule has 0 bridgehead atoms. The Morgan fingerprint density at radius 2 is 1.94 bits per heavy atom. The number of nitrogens with one attached hydrogen (secondary N) is 1. The van der Waals surface area contributed by atoms with Gasteiger partial charge in [0.25, 0.3) is 0 Å². The minimum atomic E-state index is -3.40. The average Bonchev–Trinajstić information content (AvgIpc) is 2.34. The molecule has 18 heavy (non-hydrogen) atoms. The fraction of sp³-hybridized carbons (Fsp3) is 0.900. The van der Waals surface area contributed by atoms with Gasteiger partial charge in [0.1, 0.15) is 0 Å². The summed E-state index contributed by atoms with van der Waals surface area (Å²) >= 11 is 0. The summed E-state index contributed by atoms with van der Waals surface area (Å²) in [6.07, 6.45) is -0.0157. The summed E-state index contributed by atoms with van der Waals surface area (Å²) in [5, 5.41) is 0. The van der Waals surface area contributed by atoms with Gasteiger partial charge in [-0.25, -0.2) is 13.1 Å². The second-order valence-electron chi connectivity index (χ2n) is 3.66. The minimum Gasteiger partial charge on any atom is -0.469 e. The van der Waals surface area contributed by atoms with Crippen molar-refractivity contribution < 1.29 is 27.4 Å². The average molecular weight is 283 g/mol. The molecule has 0 rings (SSSR count). The van der Waals surface area contributed by atoms with E-state index in [9.17, 15) is 13.2 Å². The third-order valence-corrected chi connectivity index (χ3v) is 3.67. The second-order valence-corrected chi connectivity index (χ2v) is 5.59. The van der Waals surface area contributed by atoms with E-state index < -0.39 is 16.0 Å². The van der Waals surface area contributed by atoms with Gasteiger partial charge in [0.2, 0.25) is 10.0 Å². The van der Waals surface area contributed by atoms with Crippen LogP contribution < -0.4 is 4.72 Å². The van der Waals surface area contributed by atoms with Crippen LogP contribution in [0.25, 0.3) is 0 Å². The maximum atomic E-state index is 11.6. The number of rotatable bonds is 10. The van der Waals surface area contributed by atoms with Gasteiger partial charge >= 0.3 is 5.97 Å². The molecule has 0 aliphatic carbocycles. The highest BCUT2D eigenvalue weighted by atomic mass is 32.2. The Morgan fingerprint density at radius 3 is 2.44 bits per heavy atom. The number of esters is 1. The molecular formula is C10H21NO6S. The molecule has 0 fully saturated rings. The molecule has 0 spiro atoms. The Kier molecular flexibility index (Phi) is 8.90. The van der Waals surface area contributed by atoms with E-state index in [4.69, 9.17) is 9.47 Å². The molecule has 0 aliphatic rings. The van der Waals surface area contributed by atoms with Gasteiger partial charge in [-0.3, -0.25) is 4.79 Å². The molecule has 0 heterocycles. The van der Waals surface area contributed by atoms with Gasteiger partial charge < -0.3 is 14.2 Å². The van der Waals surface area contributed by atoms with Crippen LogP contribution in [0.5, 0.6) is 0 Å². The first-order valence-electron chi connectivity index (χ1n) is 5.51. The second kappa shape index (κ2) is 9.26. The predicted octanol–water partition coefficient (Wildman–Crippen LogP) is -0.480. The molecule has 0 saturated heterocycles. The normalized spacial score (nSPS) is 13.3. The predicted molar refractivity (Wildman–Crippen MR) is 65.7 cm³/mol. The topological polar surface area (TPSA) is 90.9 Å². The summed E-state index contributed by atoms with van der Waals surface area (Å²) in [7, 11) is 0.857. The molecule has 0 amide bonds. The highest BCUT2D eigenvalue weighted by Gasteiger charge is 2.14. The Hall–Kier alpha value is -0.700. The van der Waals surface area contributed by atoms with Gasteiger partial charge in [-0.15, -0.1) is 0 Å². The lowest BCUT2D eigenvalue weighted by molar-refractivity contribution is -0.140. The van der Waals surface area contributed by atoms with Gasteiger partial charge in [-0.1, -0.05) is 0 Å². The van der Waals surface area contributed by atoms with Gasteiger partial charge in [-0.05, 0) is 6.42 Å². The smallest absolute Gasteiger partial charge is 0.305 e. The zero-order valence-corrected chi connectivity index (χ0v) is 11.8. The lowest BCUT2D eigenvalue weighted by atomic mass is 10.3. The third kappa shape index (κ3) is 8.40. The van der Waals surface area contributed by atoms with Crippen molar-refractivity contribution in [3.05, 3.63) is 0 Å². The van der Waals surface area contributed by atoms with Crippen molar-refractivity contribution >= 4 is 16.0 Å². The first kappa shape index (κ1) is 17.3. The van der Waals surface area contributed by atoms with Crippen molar-refractivity contribution in [2.24, 2.45) is 0 Å². The summed E-state index contributed by atoms with van der Waals surface area (Å²) in [6, 6.07) is 0. The van der Waals surface area contributed by atoms with Gasteiger partial charge in [-0.2, -0.15) is 0 Å². The van der Waals surface area contributed by atoms with E-state index in [2.05, 4.69) is 9.46 Å². The zero-order valence-electron chi connectivity index (χ0n) is 11.0. The van der Waals surface area contributed by atoms with E-state index in [1.807, 2.05) is 0 Å². The van der Waals surface area contributed by atoms with Crippen molar-refractivity contribution in [2.45, 2.75) is 18.9 Å². The molecule has 0 aromatic heterocycles. The van der Waals surface area contributed by atoms with Crippen molar-refractivity contribution in [3.8, 4) is 0 Å². The summed E-state index contributed by atoms with van der Waals surface area (Å²) in [6.45, 7) is 0.450. The van der Waals surface area contributed by atoms with Crippen molar-refractivity contribution in [1.29, 1.82) is 0 Å². The lowest BCUT2D eigenvalue weighted by Crippen LogP contribution is -2.36. The van der Waals surface area contributed by atoms with Crippen LogP contribution in [0, 0.1) is 0 Å². The third-order valence-electron chi connectivity index (χ3n) is 2.24. The Balaban J connectivity index is 3.96. The van der Waals surface area contributed by atoms with Crippen LogP contribution in [-0.4, -0.2) is 60.7 Å². The molecule has 1 N–H and O–H groups in total. The Labute approximate surface area is 108 Å². The molecule has 1 atom stereocenters. The highest BCUT2D eigenvalue weighted by molar-refractivity contribution is 7.89. The number of methoxy groups -OCH3 is 3. The van der Waals surface area contributed by atoms with Gasteiger partial charge in [0.15, 0.2) is 0 Å². The standard InChI is InChI=1S/C10H21NO6S/c1-15-8-9(16-2)7-11-18(13,14)6-4-5-10(12)17-3/h9,11H,4-8H2,1-3H3. The molecule has 108 valence electrons. The number of carbonyl (C=O) groups excluding carboxylic acids is 1. The summed E-state index contributed by atoms with van der Waals surface area (Å²) in [5.41, 5.74) is 0. The maximum absolute atomic E-state index is 11.6. The molecule has 8 heteroatoms. The van der Waals surface area contributed by atoms with Crippen molar-refractivity contribution in [3.63, 3.8) is 0 Å². The zero-order chi connectivity index (χ0) is 14.0. The number of hydrogen-bond donors (Lipinski definition) is 1. The number of ether oxygens (including phenoxy) is 3. The molecule has 0 aromatic carbocycles. The molecule has 7 nitrogen and oxygen atoms in total. The summed E-state index contributed by atoms with van der Waals surface area (Å²) < 4.78 is 39.8.